The van der Waals surface area contributed by atoms with E-state index in [2.05, 4.69) is 15.5 Å². The molecule has 1 aliphatic rings. The van der Waals surface area contributed by atoms with Gasteiger partial charge >= 0.3 is 0 Å². The smallest absolute Gasteiger partial charge is 0.253 e. The molecule has 0 spiro atoms. The van der Waals surface area contributed by atoms with Crippen LogP contribution < -0.4 is 5.32 Å². The Kier molecular flexibility index (Phi) is 3.84. The Morgan fingerprint density at radius 3 is 3.00 bits per heavy atom. The van der Waals surface area contributed by atoms with E-state index in [4.69, 9.17) is 0 Å². The minimum absolute atomic E-state index is 0.0443. The number of hydrogen-bond acceptors (Lipinski definition) is 2. The predicted molar refractivity (Wildman–Crippen MR) is 93.9 cm³/mol. The van der Waals surface area contributed by atoms with Gasteiger partial charge in [0.25, 0.3) is 5.91 Å². The highest BCUT2D eigenvalue weighted by Crippen LogP contribution is 2.22. The number of carbonyl (C=O) groups excluding carboxylic acids is 1. The largest absolute Gasteiger partial charge is 0.350 e. The summed E-state index contributed by atoms with van der Waals surface area (Å²) in [5.74, 6) is -0.0443. The second kappa shape index (κ2) is 6.15. The zero-order chi connectivity index (χ0) is 16.5. The summed E-state index contributed by atoms with van der Waals surface area (Å²) in [5, 5.41) is 11.6. The molecule has 4 rings (SSSR count). The molecule has 5 nitrogen and oxygen atoms in total. The van der Waals surface area contributed by atoms with E-state index in [1.165, 1.54) is 30.5 Å². The lowest BCUT2D eigenvalue weighted by atomic mass is 10.1. The molecule has 0 unspecified atom stereocenters. The molecule has 1 amide bonds. The fourth-order valence-corrected chi connectivity index (χ4v) is 3.65. The van der Waals surface area contributed by atoms with Crippen LogP contribution in [0.3, 0.4) is 0 Å². The van der Waals surface area contributed by atoms with Gasteiger partial charge in [0.15, 0.2) is 0 Å². The normalized spacial score (nSPS) is 14.4. The Morgan fingerprint density at radius 2 is 2.08 bits per heavy atom. The van der Waals surface area contributed by atoms with Crippen molar-refractivity contribution in [3.63, 3.8) is 0 Å². The first-order valence-corrected chi connectivity index (χ1v) is 8.61. The number of aryl methyl sites for hydroxylation is 2. The quantitative estimate of drug-likeness (QED) is 0.728. The number of hydrogen-bond donors (Lipinski definition) is 2. The Balaban J connectivity index is 1.54. The molecule has 124 valence electrons. The van der Waals surface area contributed by atoms with E-state index in [1.807, 2.05) is 42.1 Å². The number of aromatic nitrogens is 3. The first kappa shape index (κ1) is 15.0. The van der Waals surface area contributed by atoms with Gasteiger partial charge in [-0.2, -0.15) is 5.10 Å². The standard InChI is InChI=1S/C19H22N4O/c1-23-12-15(13-7-5-6-10-18(13)23)19(24)20-11-17-14-8-3-2-4-9-16(14)21-22-17/h5-7,10,12H,2-4,8-9,11H2,1H3,(H,20,24)(H,21,22). The SMILES string of the molecule is Cn1cc(C(=O)NCc2n[nH]c3c2CCCCC3)c2ccccc21. The first-order chi connectivity index (χ1) is 11.7. The first-order valence-electron chi connectivity index (χ1n) is 8.61. The number of amides is 1. The number of para-hydroxylation sites is 1. The maximum Gasteiger partial charge on any atom is 0.253 e. The lowest BCUT2D eigenvalue weighted by Crippen LogP contribution is -2.23. The molecule has 2 aromatic heterocycles. The molecule has 0 fully saturated rings. The molecule has 0 atom stereocenters. The Bertz CT molecular complexity index is 890. The van der Waals surface area contributed by atoms with Crippen LogP contribution in [0.5, 0.6) is 0 Å². The molecule has 0 aliphatic heterocycles. The Labute approximate surface area is 141 Å². The molecular formula is C19H22N4O. The number of fused-ring (bicyclic) bond motifs is 2. The molecular weight excluding hydrogens is 300 g/mol. The summed E-state index contributed by atoms with van der Waals surface area (Å²) < 4.78 is 1.99. The van der Waals surface area contributed by atoms with Gasteiger partial charge in [0.05, 0.1) is 17.8 Å². The fraction of sp³-hybridized carbons (Fsp3) is 0.368. The summed E-state index contributed by atoms with van der Waals surface area (Å²) in [5.41, 5.74) is 5.33. The van der Waals surface area contributed by atoms with Crippen molar-refractivity contribution in [3.8, 4) is 0 Å². The van der Waals surface area contributed by atoms with Gasteiger partial charge in [-0.05, 0) is 37.3 Å². The number of aromatic amines is 1. The highest BCUT2D eigenvalue weighted by atomic mass is 16.1. The van der Waals surface area contributed by atoms with Gasteiger partial charge in [0.1, 0.15) is 0 Å². The van der Waals surface area contributed by atoms with Crippen LogP contribution in [-0.2, 0) is 26.4 Å². The molecule has 0 saturated heterocycles. The monoisotopic (exact) mass is 322 g/mol. The van der Waals surface area contributed by atoms with Gasteiger partial charge in [-0.15, -0.1) is 0 Å². The maximum absolute atomic E-state index is 12.6. The van der Waals surface area contributed by atoms with Gasteiger partial charge < -0.3 is 9.88 Å². The highest BCUT2D eigenvalue weighted by molar-refractivity contribution is 6.06. The van der Waals surface area contributed by atoms with Gasteiger partial charge in [-0.25, -0.2) is 0 Å². The van der Waals surface area contributed by atoms with Gasteiger partial charge in [0, 0.05) is 29.8 Å². The molecule has 0 saturated carbocycles. The zero-order valence-electron chi connectivity index (χ0n) is 13.9. The summed E-state index contributed by atoms with van der Waals surface area (Å²) in [7, 11) is 1.96. The lowest BCUT2D eigenvalue weighted by molar-refractivity contribution is 0.0952. The van der Waals surface area contributed by atoms with E-state index in [1.54, 1.807) is 0 Å². The van der Waals surface area contributed by atoms with Crippen molar-refractivity contribution in [2.75, 3.05) is 0 Å². The molecule has 3 aromatic rings. The van der Waals surface area contributed by atoms with E-state index in [0.717, 1.165) is 35.0 Å². The molecule has 0 radical (unpaired) electrons. The second-order valence-corrected chi connectivity index (χ2v) is 6.54. The summed E-state index contributed by atoms with van der Waals surface area (Å²) in [6, 6.07) is 7.97. The lowest BCUT2D eigenvalue weighted by Gasteiger charge is -2.05. The minimum Gasteiger partial charge on any atom is -0.350 e. The maximum atomic E-state index is 12.6. The molecule has 0 bridgehead atoms. The summed E-state index contributed by atoms with van der Waals surface area (Å²) >= 11 is 0. The number of carbonyl (C=O) groups is 1. The number of benzene rings is 1. The average molecular weight is 322 g/mol. The Morgan fingerprint density at radius 1 is 1.25 bits per heavy atom. The minimum atomic E-state index is -0.0443. The van der Waals surface area contributed by atoms with Crippen LogP contribution in [0.2, 0.25) is 0 Å². The highest BCUT2D eigenvalue weighted by Gasteiger charge is 2.18. The number of rotatable bonds is 3. The van der Waals surface area contributed by atoms with Gasteiger partial charge in [-0.3, -0.25) is 9.89 Å². The summed E-state index contributed by atoms with van der Waals surface area (Å²) in [6.07, 6.45) is 7.72. The third-order valence-electron chi connectivity index (χ3n) is 4.95. The van der Waals surface area contributed by atoms with Gasteiger partial charge in [0.2, 0.25) is 0 Å². The van der Waals surface area contributed by atoms with Crippen molar-refractivity contribution >= 4 is 16.8 Å². The predicted octanol–water partition coefficient (Wildman–Crippen LogP) is 3.10. The van der Waals surface area contributed by atoms with Crippen LogP contribution in [0.15, 0.2) is 30.5 Å². The van der Waals surface area contributed by atoms with Crippen molar-refractivity contribution in [3.05, 3.63) is 53.0 Å². The van der Waals surface area contributed by atoms with E-state index >= 15 is 0 Å². The van der Waals surface area contributed by atoms with Crippen molar-refractivity contribution < 1.29 is 4.79 Å². The average Bonchev–Trinajstić information content (AvgIpc) is 3.05. The topological polar surface area (TPSA) is 62.7 Å². The third kappa shape index (κ3) is 2.60. The van der Waals surface area contributed by atoms with E-state index in [-0.39, 0.29) is 5.91 Å². The van der Waals surface area contributed by atoms with Crippen molar-refractivity contribution in [1.29, 1.82) is 0 Å². The van der Waals surface area contributed by atoms with Crippen molar-refractivity contribution in [2.45, 2.75) is 38.6 Å². The molecule has 1 aromatic carbocycles. The van der Waals surface area contributed by atoms with E-state index < -0.39 is 0 Å². The fourth-order valence-electron chi connectivity index (χ4n) is 3.65. The van der Waals surface area contributed by atoms with Crippen LogP contribution in [0.4, 0.5) is 0 Å². The Hall–Kier alpha value is -2.56. The summed E-state index contributed by atoms with van der Waals surface area (Å²) in [4.78, 5) is 12.6. The molecule has 5 heteroatoms. The van der Waals surface area contributed by atoms with Crippen LogP contribution >= 0.6 is 0 Å². The van der Waals surface area contributed by atoms with Crippen LogP contribution in [0.25, 0.3) is 10.9 Å². The van der Waals surface area contributed by atoms with Crippen molar-refractivity contribution in [1.82, 2.24) is 20.1 Å². The van der Waals surface area contributed by atoms with E-state index in [0.29, 0.717) is 6.54 Å². The molecule has 1 aliphatic carbocycles. The molecule has 2 heterocycles. The summed E-state index contributed by atoms with van der Waals surface area (Å²) in [6.45, 7) is 0.480. The van der Waals surface area contributed by atoms with Crippen LogP contribution in [-0.4, -0.2) is 20.7 Å². The number of nitrogens with zero attached hydrogens (tertiary/aromatic N) is 2. The van der Waals surface area contributed by atoms with E-state index in [9.17, 15) is 4.79 Å². The van der Waals surface area contributed by atoms with Crippen LogP contribution in [0, 0.1) is 0 Å². The molecule has 24 heavy (non-hydrogen) atoms. The van der Waals surface area contributed by atoms with Crippen molar-refractivity contribution in [2.24, 2.45) is 7.05 Å². The molecule has 2 N–H and O–H groups in total. The number of H-pyrrole nitrogens is 1. The third-order valence-corrected chi connectivity index (χ3v) is 4.95. The number of nitrogens with one attached hydrogen (secondary N) is 2. The second-order valence-electron chi connectivity index (χ2n) is 6.54. The van der Waals surface area contributed by atoms with Crippen LogP contribution in [0.1, 0.15) is 46.6 Å². The van der Waals surface area contributed by atoms with Gasteiger partial charge in [-0.1, -0.05) is 24.6 Å². The zero-order valence-corrected chi connectivity index (χ0v) is 13.9.